The van der Waals surface area contributed by atoms with E-state index in [9.17, 15) is 4.79 Å². The summed E-state index contributed by atoms with van der Waals surface area (Å²) in [4.78, 5) is 17.7. The van der Waals surface area contributed by atoms with Gasteiger partial charge in [0.25, 0.3) is 0 Å². The second kappa shape index (κ2) is 10.4. The van der Waals surface area contributed by atoms with Gasteiger partial charge >= 0.3 is 0 Å². The van der Waals surface area contributed by atoms with Crippen molar-refractivity contribution in [3.05, 3.63) is 102 Å². The molecule has 0 bridgehead atoms. The number of carbonyl (C=O) groups excluding carboxylic acids is 1. The van der Waals surface area contributed by atoms with Crippen LogP contribution >= 0.6 is 0 Å². The fraction of sp³-hybridized carbons (Fsp3) is 0.296. The highest BCUT2D eigenvalue weighted by Gasteiger charge is 2.27. The third-order valence-corrected chi connectivity index (χ3v) is 6.17. The van der Waals surface area contributed by atoms with Gasteiger partial charge in [-0.2, -0.15) is 0 Å². The fourth-order valence-corrected chi connectivity index (χ4v) is 4.32. The number of nitrogens with zero attached hydrogens (tertiary/aromatic N) is 2. The van der Waals surface area contributed by atoms with Crippen LogP contribution in [0.1, 0.15) is 28.8 Å². The van der Waals surface area contributed by atoms with E-state index >= 15 is 0 Å². The molecular weight excluding hydrogens is 398 g/mol. The average Bonchev–Trinajstić information content (AvgIpc) is 2.85. The molecule has 5 heteroatoms. The monoisotopic (exact) mass is 429 g/mol. The molecule has 0 aliphatic carbocycles. The van der Waals surface area contributed by atoms with Crippen molar-refractivity contribution in [3.63, 3.8) is 0 Å². The van der Waals surface area contributed by atoms with Gasteiger partial charge in [-0.1, -0.05) is 72.8 Å². The van der Waals surface area contributed by atoms with Gasteiger partial charge in [0.2, 0.25) is 5.91 Å². The Morgan fingerprint density at radius 1 is 0.938 bits per heavy atom. The maximum atomic E-state index is 13.1. The largest absolute Gasteiger partial charge is 0.497 e. The number of hydrogen-bond acceptors (Lipinski definition) is 4. The van der Waals surface area contributed by atoms with E-state index in [4.69, 9.17) is 4.74 Å². The number of likely N-dealkylation sites (N-methyl/N-ethyl adjacent to an activating group) is 1. The predicted molar refractivity (Wildman–Crippen MR) is 128 cm³/mol. The van der Waals surface area contributed by atoms with Crippen molar-refractivity contribution in [1.82, 2.24) is 15.1 Å². The highest BCUT2D eigenvalue weighted by Crippen LogP contribution is 2.26. The summed E-state index contributed by atoms with van der Waals surface area (Å²) in [6.07, 6.45) is 0. The van der Waals surface area contributed by atoms with E-state index in [1.807, 2.05) is 48.5 Å². The summed E-state index contributed by atoms with van der Waals surface area (Å²) in [5, 5.41) is 3.27. The molecule has 32 heavy (non-hydrogen) atoms. The van der Waals surface area contributed by atoms with Gasteiger partial charge in [-0.15, -0.1) is 0 Å². The van der Waals surface area contributed by atoms with Gasteiger partial charge < -0.3 is 10.1 Å². The zero-order valence-corrected chi connectivity index (χ0v) is 18.8. The number of rotatable bonds is 7. The summed E-state index contributed by atoms with van der Waals surface area (Å²) in [7, 11) is 3.83. The van der Waals surface area contributed by atoms with Gasteiger partial charge in [-0.25, -0.2) is 0 Å². The van der Waals surface area contributed by atoms with Crippen molar-refractivity contribution in [1.29, 1.82) is 0 Å². The second-order valence-electron chi connectivity index (χ2n) is 8.33. The normalized spacial score (nSPS) is 17.3. The zero-order valence-electron chi connectivity index (χ0n) is 18.8. The standard InChI is InChI=1S/C27H31N3O2/c1-29-17-18-30(19-25(29)21-13-15-24(32-2)16-14-21)20-26(31)28-27(22-9-5-3-6-10-22)23-11-7-4-8-12-23/h3-16,25,27H,17-20H2,1-2H3,(H,28,31). The number of methoxy groups -OCH3 is 1. The van der Waals surface area contributed by atoms with E-state index in [1.165, 1.54) is 5.56 Å². The lowest BCUT2D eigenvalue weighted by atomic mass is 9.98. The number of ether oxygens (including phenoxy) is 1. The molecule has 1 fully saturated rings. The van der Waals surface area contributed by atoms with Crippen LogP contribution < -0.4 is 10.1 Å². The Labute approximate surface area is 190 Å². The molecule has 3 aromatic rings. The molecule has 1 saturated heterocycles. The molecule has 4 rings (SSSR count). The number of hydrogen-bond donors (Lipinski definition) is 1. The Morgan fingerprint density at radius 2 is 1.53 bits per heavy atom. The van der Waals surface area contributed by atoms with Gasteiger partial charge in [0.15, 0.2) is 0 Å². The Hall–Kier alpha value is -3.15. The number of benzene rings is 3. The maximum absolute atomic E-state index is 13.1. The van der Waals surface area contributed by atoms with Crippen molar-refractivity contribution >= 4 is 5.91 Å². The van der Waals surface area contributed by atoms with E-state index in [1.54, 1.807) is 7.11 Å². The maximum Gasteiger partial charge on any atom is 0.234 e. The molecule has 1 unspecified atom stereocenters. The molecule has 0 saturated carbocycles. The summed E-state index contributed by atoms with van der Waals surface area (Å²) in [6.45, 7) is 3.00. The SMILES string of the molecule is COc1ccc(C2CN(CC(=O)NC(c3ccccc3)c3ccccc3)CCN2C)cc1. The van der Waals surface area contributed by atoms with Crippen LogP contribution in [0.2, 0.25) is 0 Å². The van der Waals surface area contributed by atoms with Crippen molar-refractivity contribution in [3.8, 4) is 5.75 Å². The average molecular weight is 430 g/mol. The number of piperazine rings is 1. The van der Waals surface area contributed by atoms with Crippen molar-refractivity contribution < 1.29 is 9.53 Å². The van der Waals surface area contributed by atoms with E-state index < -0.39 is 0 Å². The van der Waals surface area contributed by atoms with Crippen LogP contribution in [0.5, 0.6) is 5.75 Å². The molecule has 1 amide bonds. The lowest BCUT2D eigenvalue weighted by Gasteiger charge is -2.39. The van der Waals surface area contributed by atoms with Crippen LogP contribution in [0.4, 0.5) is 0 Å². The molecule has 5 nitrogen and oxygen atoms in total. The van der Waals surface area contributed by atoms with Crippen LogP contribution in [0.15, 0.2) is 84.9 Å². The molecule has 0 radical (unpaired) electrons. The molecular formula is C27H31N3O2. The molecule has 0 spiro atoms. The van der Waals surface area contributed by atoms with Crippen LogP contribution in [-0.4, -0.2) is 56.0 Å². The molecule has 1 N–H and O–H groups in total. The molecule has 1 heterocycles. The third-order valence-electron chi connectivity index (χ3n) is 6.17. The van der Waals surface area contributed by atoms with Gasteiger partial charge in [0, 0.05) is 25.7 Å². The minimum atomic E-state index is -0.158. The van der Waals surface area contributed by atoms with E-state index in [-0.39, 0.29) is 18.0 Å². The van der Waals surface area contributed by atoms with Crippen molar-refractivity contribution in [2.45, 2.75) is 12.1 Å². The summed E-state index contributed by atoms with van der Waals surface area (Å²) in [5.74, 6) is 0.900. The summed E-state index contributed by atoms with van der Waals surface area (Å²) >= 11 is 0. The molecule has 0 aromatic heterocycles. The highest BCUT2D eigenvalue weighted by atomic mass is 16.5. The van der Waals surface area contributed by atoms with Crippen LogP contribution in [0, 0.1) is 0 Å². The zero-order chi connectivity index (χ0) is 22.3. The van der Waals surface area contributed by atoms with Crippen LogP contribution in [0.3, 0.4) is 0 Å². The van der Waals surface area contributed by atoms with E-state index in [2.05, 4.69) is 58.6 Å². The van der Waals surface area contributed by atoms with E-state index in [0.717, 1.165) is 36.5 Å². The molecule has 1 atom stereocenters. The Morgan fingerprint density at radius 3 is 2.09 bits per heavy atom. The lowest BCUT2D eigenvalue weighted by molar-refractivity contribution is -0.123. The molecule has 166 valence electrons. The fourth-order valence-electron chi connectivity index (χ4n) is 4.32. The number of carbonyl (C=O) groups is 1. The summed E-state index contributed by atoms with van der Waals surface area (Å²) < 4.78 is 5.29. The first-order valence-electron chi connectivity index (χ1n) is 11.1. The Bertz CT molecular complexity index is 953. The molecule has 3 aromatic carbocycles. The molecule has 1 aliphatic heterocycles. The lowest BCUT2D eigenvalue weighted by Crippen LogP contribution is -2.50. The number of amides is 1. The molecule has 1 aliphatic rings. The highest BCUT2D eigenvalue weighted by molar-refractivity contribution is 5.79. The van der Waals surface area contributed by atoms with Gasteiger partial charge in [-0.05, 0) is 35.9 Å². The second-order valence-corrected chi connectivity index (χ2v) is 8.33. The van der Waals surface area contributed by atoms with Gasteiger partial charge in [0.05, 0.1) is 19.7 Å². The van der Waals surface area contributed by atoms with Gasteiger partial charge in [0.1, 0.15) is 5.75 Å². The topological polar surface area (TPSA) is 44.8 Å². The Balaban J connectivity index is 1.44. The van der Waals surface area contributed by atoms with Gasteiger partial charge in [-0.3, -0.25) is 14.6 Å². The van der Waals surface area contributed by atoms with Crippen LogP contribution in [-0.2, 0) is 4.79 Å². The summed E-state index contributed by atoms with van der Waals surface area (Å²) in [6, 6.07) is 28.6. The predicted octanol–water partition coefficient (Wildman–Crippen LogP) is 3.89. The third kappa shape index (κ3) is 5.36. The number of nitrogens with one attached hydrogen (secondary N) is 1. The minimum absolute atomic E-state index is 0.0424. The first-order valence-corrected chi connectivity index (χ1v) is 11.1. The smallest absolute Gasteiger partial charge is 0.234 e. The Kier molecular flexibility index (Phi) is 7.20. The summed E-state index contributed by atoms with van der Waals surface area (Å²) in [5.41, 5.74) is 3.41. The quantitative estimate of drug-likeness (QED) is 0.619. The first-order chi connectivity index (χ1) is 15.6. The van der Waals surface area contributed by atoms with Crippen molar-refractivity contribution in [2.24, 2.45) is 0 Å². The van der Waals surface area contributed by atoms with Crippen LogP contribution in [0.25, 0.3) is 0 Å². The first kappa shape index (κ1) is 22.1. The minimum Gasteiger partial charge on any atom is -0.497 e. The van der Waals surface area contributed by atoms with E-state index in [0.29, 0.717) is 6.54 Å². The van der Waals surface area contributed by atoms with Crippen molar-refractivity contribution in [2.75, 3.05) is 40.3 Å².